The number of anilines is 2. The molecule has 1 unspecified atom stereocenters. The van der Waals surface area contributed by atoms with Gasteiger partial charge in [0.25, 0.3) is 0 Å². The second kappa shape index (κ2) is 13.9. The fourth-order valence-electron chi connectivity index (χ4n) is 6.29. The summed E-state index contributed by atoms with van der Waals surface area (Å²) >= 11 is 6.58. The van der Waals surface area contributed by atoms with E-state index in [1.165, 1.54) is 0 Å². The number of piperazine rings is 1. The fraction of sp³-hybridized carbons (Fsp3) is 0.361. The van der Waals surface area contributed by atoms with Crippen molar-refractivity contribution in [3.05, 3.63) is 119 Å². The molecule has 3 atom stereocenters. The summed E-state index contributed by atoms with van der Waals surface area (Å²) in [4.78, 5) is 17.6. The van der Waals surface area contributed by atoms with E-state index in [9.17, 15) is 4.79 Å². The lowest BCUT2D eigenvalue weighted by molar-refractivity contribution is -0.190. The predicted molar refractivity (Wildman–Crippen MR) is 185 cm³/mol. The molecular formula is C36H40ClN7O4. The van der Waals surface area contributed by atoms with Crippen LogP contribution in [0, 0.1) is 0 Å². The number of nitrogens with zero attached hydrogens (tertiary/aromatic N) is 7. The molecular weight excluding hydrogens is 630 g/mol. The van der Waals surface area contributed by atoms with Crippen molar-refractivity contribution in [3.8, 4) is 11.4 Å². The summed E-state index contributed by atoms with van der Waals surface area (Å²) in [5.41, 5.74) is 3.78. The molecule has 2 aliphatic rings. The third-order valence-electron chi connectivity index (χ3n) is 9.19. The van der Waals surface area contributed by atoms with Gasteiger partial charge in [0.15, 0.2) is 0 Å². The van der Waals surface area contributed by atoms with Crippen molar-refractivity contribution in [1.29, 1.82) is 0 Å². The Morgan fingerprint density at radius 2 is 1.58 bits per heavy atom. The zero-order valence-electron chi connectivity index (χ0n) is 27.2. The van der Waals surface area contributed by atoms with Gasteiger partial charge in [-0.3, -0.25) is 4.68 Å². The summed E-state index contributed by atoms with van der Waals surface area (Å²) in [7, 11) is 0. The molecule has 0 aliphatic carbocycles. The van der Waals surface area contributed by atoms with Gasteiger partial charge in [0.2, 0.25) is 5.79 Å². The first-order valence-electron chi connectivity index (χ1n) is 16.5. The topological polar surface area (TPSA) is 91.8 Å². The van der Waals surface area contributed by atoms with Gasteiger partial charge in [0, 0.05) is 60.5 Å². The molecule has 0 saturated carbocycles. The van der Waals surface area contributed by atoms with Crippen LogP contribution in [0.4, 0.5) is 11.4 Å². The Morgan fingerprint density at radius 3 is 2.23 bits per heavy atom. The highest BCUT2D eigenvalue weighted by molar-refractivity contribution is 6.31. The third kappa shape index (κ3) is 6.58. The molecule has 11 nitrogen and oxygen atoms in total. The minimum Gasteiger partial charge on any atom is -0.491 e. The lowest BCUT2D eigenvalue weighted by Gasteiger charge is -2.37. The van der Waals surface area contributed by atoms with Crippen LogP contribution >= 0.6 is 11.6 Å². The van der Waals surface area contributed by atoms with Crippen molar-refractivity contribution in [3.63, 3.8) is 0 Å². The number of hydrogen-bond acceptors (Lipinski definition) is 8. The van der Waals surface area contributed by atoms with Crippen molar-refractivity contribution in [2.45, 2.75) is 44.7 Å². The number of benzene rings is 3. The van der Waals surface area contributed by atoms with Crippen molar-refractivity contribution in [1.82, 2.24) is 24.1 Å². The molecule has 3 aromatic carbocycles. The second-order valence-corrected chi connectivity index (χ2v) is 12.7. The Morgan fingerprint density at radius 1 is 0.917 bits per heavy atom. The molecule has 7 rings (SSSR count). The van der Waals surface area contributed by atoms with E-state index < -0.39 is 5.79 Å². The Hall–Kier alpha value is -4.58. The quantitative estimate of drug-likeness (QED) is 0.181. The van der Waals surface area contributed by atoms with E-state index in [0.717, 1.165) is 61.0 Å². The Labute approximate surface area is 284 Å². The zero-order chi connectivity index (χ0) is 33.1. The molecule has 0 bridgehead atoms. The first-order chi connectivity index (χ1) is 23.4. The van der Waals surface area contributed by atoms with Crippen LogP contribution in [0.1, 0.15) is 31.9 Å². The lowest BCUT2D eigenvalue weighted by atomic mass is 10.1. The maximum atomic E-state index is 12.8. The molecule has 2 aliphatic heterocycles. The molecule has 48 heavy (non-hydrogen) atoms. The normalized spacial score (nSPS) is 20.3. The number of hydrogen-bond donors (Lipinski definition) is 0. The number of aromatic nitrogens is 5. The van der Waals surface area contributed by atoms with Crippen LogP contribution in [0.2, 0.25) is 5.02 Å². The van der Waals surface area contributed by atoms with E-state index in [1.54, 1.807) is 26.5 Å². The molecule has 12 heteroatoms. The van der Waals surface area contributed by atoms with Crippen LogP contribution in [0.25, 0.3) is 5.69 Å². The van der Waals surface area contributed by atoms with E-state index in [4.69, 9.17) is 25.8 Å². The minimum atomic E-state index is -1.05. The Kier molecular flexibility index (Phi) is 9.25. The van der Waals surface area contributed by atoms with E-state index in [2.05, 4.69) is 51.2 Å². The minimum absolute atomic E-state index is 0.0697. The van der Waals surface area contributed by atoms with Crippen molar-refractivity contribution in [2.24, 2.45) is 0 Å². The van der Waals surface area contributed by atoms with E-state index in [-0.39, 0.29) is 17.8 Å². The summed E-state index contributed by atoms with van der Waals surface area (Å²) in [6, 6.07) is 25.9. The average Bonchev–Trinajstić information content (AvgIpc) is 3.89. The molecule has 0 amide bonds. The van der Waals surface area contributed by atoms with Crippen LogP contribution in [-0.2, 0) is 21.8 Å². The van der Waals surface area contributed by atoms with Crippen LogP contribution in [-0.4, -0.2) is 69.6 Å². The molecule has 2 aromatic heterocycles. The van der Waals surface area contributed by atoms with Crippen LogP contribution < -0.4 is 20.2 Å². The third-order valence-corrected chi connectivity index (χ3v) is 9.51. The summed E-state index contributed by atoms with van der Waals surface area (Å²) in [6.45, 7) is 8.74. The highest BCUT2D eigenvalue weighted by Crippen LogP contribution is 2.39. The van der Waals surface area contributed by atoms with Crippen LogP contribution in [0.15, 0.2) is 102 Å². The van der Waals surface area contributed by atoms with Gasteiger partial charge in [0.1, 0.15) is 24.8 Å². The van der Waals surface area contributed by atoms with Gasteiger partial charge in [-0.05, 0) is 74.0 Å². The standard InChI is InChI=1S/C36H40ClN7O4/c1-3-27(2)44-35(45)43(26-39-44)30-11-9-28(10-12-30)40-19-21-41(22-20-40)29-13-15-31(16-14-29)46-23-32-24-47-36(48-32,25-42-18-6-17-38-42)33-7-4-5-8-34(33)37/h4-18,26-27,32H,3,19-25H2,1-2H3/t27?,32-,36-/m1/s1. The van der Waals surface area contributed by atoms with Gasteiger partial charge in [-0.2, -0.15) is 10.2 Å². The fourth-order valence-corrected chi connectivity index (χ4v) is 6.57. The summed E-state index contributed by atoms with van der Waals surface area (Å²) < 4.78 is 23.9. The highest BCUT2D eigenvalue weighted by Gasteiger charge is 2.45. The van der Waals surface area contributed by atoms with Crippen molar-refractivity contribution >= 4 is 23.0 Å². The van der Waals surface area contributed by atoms with E-state index in [0.29, 0.717) is 24.8 Å². The van der Waals surface area contributed by atoms with Crippen LogP contribution in [0.3, 0.4) is 0 Å². The molecule has 4 heterocycles. The summed E-state index contributed by atoms with van der Waals surface area (Å²) in [5, 5.41) is 9.24. The maximum absolute atomic E-state index is 12.8. The zero-order valence-corrected chi connectivity index (χ0v) is 27.9. The SMILES string of the molecule is CCC(C)n1ncn(-c2ccc(N3CCN(c4ccc(OC[C@@H]5CO[C@@](Cn6cccn6)(c6ccccc6Cl)O5)cc4)CC3)cc2)c1=O. The maximum Gasteiger partial charge on any atom is 0.350 e. The van der Waals surface area contributed by atoms with E-state index >= 15 is 0 Å². The van der Waals surface area contributed by atoms with Gasteiger partial charge in [0.05, 0.1) is 24.9 Å². The number of halogens is 1. The van der Waals surface area contributed by atoms with Crippen LogP contribution in [0.5, 0.6) is 5.75 Å². The van der Waals surface area contributed by atoms with Crippen molar-refractivity contribution < 1.29 is 14.2 Å². The van der Waals surface area contributed by atoms with E-state index in [1.807, 2.05) is 67.7 Å². The predicted octanol–water partition coefficient (Wildman–Crippen LogP) is 5.53. The second-order valence-electron chi connectivity index (χ2n) is 12.3. The average molecular weight is 670 g/mol. The van der Waals surface area contributed by atoms with Gasteiger partial charge in [-0.15, -0.1) is 0 Å². The smallest absolute Gasteiger partial charge is 0.350 e. The molecule has 250 valence electrons. The molecule has 2 saturated heterocycles. The van der Waals surface area contributed by atoms with Gasteiger partial charge in [-0.25, -0.2) is 14.0 Å². The van der Waals surface area contributed by atoms with Gasteiger partial charge in [-0.1, -0.05) is 36.7 Å². The highest BCUT2D eigenvalue weighted by atomic mass is 35.5. The monoisotopic (exact) mass is 669 g/mol. The van der Waals surface area contributed by atoms with Gasteiger partial charge >= 0.3 is 5.69 Å². The van der Waals surface area contributed by atoms with Crippen molar-refractivity contribution in [2.75, 3.05) is 49.2 Å². The molecule has 2 fully saturated rings. The summed E-state index contributed by atoms with van der Waals surface area (Å²) in [6.07, 6.45) is 5.79. The molecule has 0 spiro atoms. The largest absolute Gasteiger partial charge is 0.491 e. The number of ether oxygens (including phenoxy) is 3. The molecule has 0 radical (unpaired) electrons. The summed E-state index contributed by atoms with van der Waals surface area (Å²) in [5.74, 6) is -0.277. The van der Waals surface area contributed by atoms with Gasteiger partial charge < -0.3 is 24.0 Å². The Bertz CT molecular complexity index is 1850. The first-order valence-corrected chi connectivity index (χ1v) is 16.8. The Balaban J connectivity index is 0.921. The molecule has 0 N–H and O–H groups in total. The first kappa shape index (κ1) is 32.0. The molecule has 5 aromatic rings. The lowest BCUT2D eigenvalue weighted by Crippen LogP contribution is -2.46. The number of rotatable bonds is 11.